The third-order valence-corrected chi connectivity index (χ3v) is 4.89. The van der Waals surface area contributed by atoms with Crippen LogP contribution in [0.3, 0.4) is 0 Å². The van der Waals surface area contributed by atoms with Crippen molar-refractivity contribution in [2.24, 2.45) is 0 Å². The van der Waals surface area contributed by atoms with Crippen LogP contribution in [0.1, 0.15) is 56.3 Å². The summed E-state index contributed by atoms with van der Waals surface area (Å²) < 4.78 is 11.2. The molecule has 6 heteroatoms. The van der Waals surface area contributed by atoms with Crippen molar-refractivity contribution in [3.05, 3.63) is 47.6 Å². The molecular formula is C21H29N3O3. The number of benzene rings is 1. The number of hydrogen-bond donors (Lipinski definition) is 0. The highest BCUT2D eigenvalue weighted by Gasteiger charge is 2.23. The number of rotatable bonds is 9. The van der Waals surface area contributed by atoms with Crippen molar-refractivity contribution in [1.82, 2.24) is 15.0 Å². The number of carbonyl (C=O) groups is 1. The fourth-order valence-corrected chi connectivity index (χ4v) is 3.33. The summed E-state index contributed by atoms with van der Waals surface area (Å²) in [6, 6.07) is 10.2. The minimum absolute atomic E-state index is 0.213. The Balaban J connectivity index is 1.32. The van der Waals surface area contributed by atoms with Gasteiger partial charge in [-0.1, -0.05) is 42.4 Å². The van der Waals surface area contributed by atoms with E-state index in [1.165, 1.54) is 5.56 Å². The lowest BCUT2D eigenvalue weighted by Gasteiger charge is -2.32. The molecule has 146 valence electrons. The van der Waals surface area contributed by atoms with Crippen molar-refractivity contribution in [3.8, 4) is 0 Å². The lowest BCUT2D eigenvalue weighted by molar-refractivity contribution is -0.134. The number of nitrogens with zero attached hydrogens (tertiary/aromatic N) is 3. The molecule has 0 N–H and O–H groups in total. The van der Waals surface area contributed by atoms with Crippen LogP contribution in [-0.2, 0) is 29.0 Å². The number of piperidine rings is 1. The van der Waals surface area contributed by atoms with Gasteiger partial charge < -0.3 is 14.2 Å². The van der Waals surface area contributed by atoms with Crippen LogP contribution >= 0.6 is 0 Å². The van der Waals surface area contributed by atoms with Crippen LogP contribution in [0, 0.1) is 0 Å². The van der Waals surface area contributed by atoms with Crippen LogP contribution in [0.15, 0.2) is 34.9 Å². The number of aryl methyl sites for hydroxylation is 2. The van der Waals surface area contributed by atoms with Gasteiger partial charge in [-0.05, 0) is 31.2 Å². The fraction of sp³-hybridized carbons (Fsp3) is 0.571. The van der Waals surface area contributed by atoms with E-state index in [9.17, 15) is 4.79 Å². The molecule has 1 aliphatic rings. The van der Waals surface area contributed by atoms with Crippen LogP contribution in [0.4, 0.5) is 0 Å². The Morgan fingerprint density at radius 3 is 2.74 bits per heavy atom. The highest BCUT2D eigenvalue weighted by atomic mass is 16.5. The lowest BCUT2D eigenvalue weighted by atomic mass is 10.1. The number of aromatic nitrogens is 2. The molecule has 1 aliphatic heterocycles. The second-order valence-electron chi connectivity index (χ2n) is 7.08. The maximum Gasteiger partial charge on any atom is 0.226 e. The predicted molar refractivity (Wildman–Crippen MR) is 102 cm³/mol. The first-order valence-electron chi connectivity index (χ1n) is 9.99. The molecule has 1 aromatic heterocycles. The van der Waals surface area contributed by atoms with E-state index in [0.29, 0.717) is 25.3 Å². The normalized spacial score (nSPS) is 15.2. The van der Waals surface area contributed by atoms with Crippen molar-refractivity contribution in [3.63, 3.8) is 0 Å². The molecule has 1 amide bonds. The van der Waals surface area contributed by atoms with Crippen molar-refractivity contribution in [2.45, 2.75) is 64.6 Å². The molecule has 1 aromatic carbocycles. The van der Waals surface area contributed by atoms with E-state index < -0.39 is 0 Å². The summed E-state index contributed by atoms with van der Waals surface area (Å²) in [6.45, 7) is 4.28. The highest BCUT2D eigenvalue weighted by molar-refractivity contribution is 5.76. The van der Waals surface area contributed by atoms with Gasteiger partial charge in [-0.25, -0.2) is 0 Å². The Morgan fingerprint density at radius 1 is 1.22 bits per heavy atom. The fourth-order valence-electron chi connectivity index (χ4n) is 3.33. The van der Waals surface area contributed by atoms with E-state index in [1.807, 2.05) is 23.1 Å². The first-order valence-corrected chi connectivity index (χ1v) is 9.99. The minimum atomic E-state index is 0.213. The van der Waals surface area contributed by atoms with Crippen LogP contribution in [0.2, 0.25) is 0 Å². The topological polar surface area (TPSA) is 68.5 Å². The minimum Gasteiger partial charge on any atom is -0.373 e. The zero-order valence-electron chi connectivity index (χ0n) is 16.1. The SMILES string of the molecule is CCCc1noc(CCCC(=O)N2CCC(OCc3ccccc3)CC2)n1. The highest BCUT2D eigenvalue weighted by Crippen LogP contribution is 2.17. The number of likely N-dealkylation sites (tertiary alicyclic amines) is 1. The molecule has 3 rings (SSSR count). The van der Waals surface area contributed by atoms with Crippen molar-refractivity contribution in [2.75, 3.05) is 13.1 Å². The summed E-state index contributed by atoms with van der Waals surface area (Å²) in [5.74, 6) is 1.61. The predicted octanol–water partition coefficient (Wildman–Crippen LogP) is 3.55. The van der Waals surface area contributed by atoms with Gasteiger partial charge in [0.25, 0.3) is 0 Å². The molecule has 0 unspecified atom stereocenters. The largest absolute Gasteiger partial charge is 0.373 e. The van der Waals surface area contributed by atoms with E-state index in [1.54, 1.807) is 0 Å². The van der Waals surface area contributed by atoms with Gasteiger partial charge in [0.2, 0.25) is 11.8 Å². The quantitative estimate of drug-likeness (QED) is 0.674. The van der Waals surface area contributed by atoms with Gasteiger partial charge in [0.15, 0.2) is 5.82 Å². The Bertz CT molecular complexity index is 694. The van der Waals surface area contributed by atoms with E-state index in [-0.39, 0.29) is 12.0 Å². The molecule has 6 nitrogen and oxygen atoms in total. The van der Waals surface area contributed by atoms with Crippen LogP contribution in [0.5, 0.6) is 0 Å². The summed E-state index contributed by atoms with van der Waals surface area (Å²) in [6.07, 6.45) is 5.83. The van der Waals surface area contributed by atoms with Gasteiger partial charge in [0, 0.05) is 32.4 Å². The second-order valence-corrected chi connectivity index (χ2v) is 7.08. The van der Waals surface area contributed by atoms with Gasteiger partial charge in [0.05, 0.1) is 12.7 Å². The van der Waals surface area contributed by atoms with E-state index >= 15 is 0 Å². The summed E-state index contributed by atoms with van der Waals surface area (Å²) in [4.78, 5) is 18.7. The Labute approximate surface area is 160 Å². The van der Waals surface area contributed by atoms with Gasteiger partial charge in [-0.15, -0.1) is 0 Å². The average Bonchev–Trinajstić information content (AvgIpc) is 3.15. The summed E-state index contributed by atoms with van der Waals surface area (Å²) in [7, 11) is 0. The maximum absolute atomic E-state index is 12.4. The van der Waals surface area contributed by atoms with Crippen LogP contribution < -0.4 is 0 Å². The molecule has 1 saturated heterocycles. The van der Waals surface area contributed by atoms with Crippen LogP contribution in [0.25, 0.3) is 0 Å². The van der Waals surface area contributed by atoms with Crippen LogP contribution in [-0.4, -0.2) is 40.1 Å². The monoisotopic (exact) mass is 371 g/mol. The molecule has 0 radical (unpaired) electrons. The van der Waals surface area contributed by atoms with Gasteiger partial charge in [0.1, 0.15) is 0 Å². The number of carbonyl (C=O) groups excluding carboxylic acids is 1. The zero-order chi connectivity index (χ0) is 18.9. The standard InChI is InChI=1S/C21H29N3O3/c1-2-7-19-22-20(27-23-19)10-6-11-21(25)24-14-12-18(13-15-24)26-16-17-8-4-3-5-9-17/h3-5,8-9,18H,2,6-7,10-16H2,1H3. The van der Waals surface area contributed by atoms with Crippen molar-refractivity contribution in [1.29, 1.82) is 0 Å². The zero-order valence-corrected chi connectivity index (χ0v) is 16.1. The molecule has 0 bridgehead atoms. The maximum atomic E-state index is 12.4. The molecule has 27 heavy (non-hydrogen) atoms. The van der Waals surface area contributed by atoms with Gasteiger partial charge in [-0.3, -0.25) is 4.79 Å². The molecule has 0 atom stereocenters. The molecule has 1 fully saturated rings. The molecule has 0 saturated carbocycles. The lowest BCUT2D eigenvalue weighted by Crippen LogP contribution is -2.40. The number of hydrogen-bond acceptors (Lipinski definition) is 5. The second kappa shape index (κ2) is 10.2. The van der Waals surface area contributed by atoms with Crippen molar-refractivity contribution < 1.29 is 14.1 Å². The van der Waals surface area contributed by atoms with Gasteiger partial charge in [-0.2, -0.15) is 4.98 Å². The summed E-state index contributed by atoms with van der Waals surface area (Å²) in [5.41, 5.74) is 1.19. The number of amides is 1. The first kappa shape index (κ1) is 19.5. The Hall–Kier alpha value is -2.21. The van der Waals surface area contributed by atoms with E-state index in [2.05, 4.69) is 29.2 Å². The summed E-state index contributed by atoms with van der Waals surface area (Å²) in [5, 5.41) is 3.95. The third kappa shape index (κ3) is 6.17. The Morgan fingerprint density at radius 2 is 2.00 bits per heavy atom. The molecule has 2 aromatic rings. The molecule has 0 spiro atoms. The van der Waals surface area contributed by atoms with Crippen molar-refractivity contribution >= 4 is 5.91 Å². The average molecular weight is 371 g/mol. The smallest absolute Gasteiger partial charge is 0.226 e. The van der Waals surface area contributed by atoms with Gasteiger partial charge >= 0.3 is 0 Å². The summed E-state index contributed by atoms with van der Waals surface area (Å²) >= 11 is 0. The number of ether oxygens (including phenoxy) is 1. The molecular weight excluding hydrogens is 342 g/mol. The first-order chi connectivity index (χ1) is 13.2. The molecule has 0 aliphatic carbocycles. The third-order valence-electron chi connectivity index (χ3n) is 4.89. The molecule has 2 heterocycles. The Kier molecular flexibility index (Phi) is 7.39. The van der Waals surface area contributed by atoms with E-state index in [0.717, 1.165) is 51.0 Å². The van der Waals surface area contributed by atoms with E-state index in [4.69, 9.17) is 9.26 Å².